The minimum Gasteiger partial charge on any atom is -0.477 e. The molecule has 0 bridgehead atoms. The molecular formula is C8H7NO6. The molecule has 1 aromatic carbocycles. The van der Waals surface area contributed by atoms with Crippen LogP contribution in [-0.4, -0.2) is 26.2 Å². The molecule has 7 nitrogen and oxygen atoms in total. The predicted octanol–water partition coefficient (Wildman–Crippen LogP) is -0.183. The predicted molar refractivity (Wildman–Crippen MR) is 46.8 cm³/mol. The van der Waals surface area contributed by atoms with Crippen molar-refractivity contribution in [2.75, 3.05) is 0 Å². The van der Waals surface area contributed by atoms with E-state index in [9.17, 15) is 14.9 Å². The summed E-state index contributed by atoms with van der Waals surface area (Å²) in [6, 6.07) is 3.90. The van der Waals surface area contributed by atoms with E-state index in [2.05, 4.69) is 0 Å². The Bertz CT molecular complexity index is 396. The fourth-order valence-electron chi connectivity index (χ4n) is 0.939. The van der Waals surface area contributed by atoms with Gasteiger partial charge in [0.2, 0.25) is 0 Å². The van der Waals surface area contributed by atoms with E-state index in [1.165, 1.54) is 0 Å². The molecule has 80 valence electrons. The number of carboxylic acid groups (broad SMARTS) is 1. The van der Waals surface area contributed by atoms with Crippen LogP contribution in [0, 0.1) is 10.1 Å². The number of nitro benzene ring substituents is 1. The summed E-state index contributed by atoms with van der Waals surface area (Å²) in [4.78, 5) is 20.0. The van der Waals surface area contributed by atoms with Gasteiger partial charge in [0.25, 0.3) is 11.5 Å². The molecule has 0 unspecified atom stereocenters. The fraction of sp³-hybridized carbons (Fsp3) is 0.125. The minimum absolute atomic E-state index is 0.264. The number of hydrogen-bond donors (Lipinski definition) is 3. The largest absolute Gasteiger partial charge is 0.477 e. The van der Waals surface area contributed by atoms with Crippen molar-refractivity contribution in [3.8, 4) is 0 Å². The zero-order valence-electron chi connectivity index (χ0n) is 7.32. The highest BCUT2D eigenvalue weighted by atomic mass is 16.6. The second-order valence-corrected chi connectivity index (χ2v) is 2.78. The van der Waals surface area contributed by atoms with Gasteiger partial charge >= 0.3 is 5.97 Å². The van der Waals surface area contributed by atoms with Crippen molar-refractivity contribution in [1.82, 2.24) is 0 Å². The number of non-ortho nitro benzene ring substituents is 1. The molecule has 3 N–H and O–H groups in total. The Hall–Kier alpha value is -1.99. The first kappa shape index (κ1) is 11.1. The summed E-state index contributed by atoms with van der Waals surface area (Å²) in [6.07, 6.45) is 0. The van der Waals surface area contributed by atoms with E-state index in [1.807, 2.05) is 0 Å². The van der Waals surface area contributed by atoms with Crippen LogP contribution in [-0.2, 0) is 10.6 Å². The second-order valence-electron chi connectivity index (χ2n) is 2.78. The highest BCUT2D eigenvalue weighted by Crippen LogP contribution is 2.21. The topological polar surface area (TPSA) is 121 Å². The number of carboxylic acids is 1. The molecule has 1 aromatic rings. The van der Waals surface area contributed by atoms with E-state index in [-0.39, 0.29) is 11.3 Å². The Morgan fingerprint density at radius 1 is 1.27 bits per heavy atom. The minimum atomic E-state index is -3.03. The van der Waals surface area contributed by atoms with Gasteiger partial charge in [0.15, 0.2) is 0 Å². The summed E-state index contributed by atoms with van der Waals surface area (Å²) in [6.45, 7) is 0. The van der Waals surface area contributed by atoms with Crippen LogP contribution in [0.25, 0.3) is 0 Å². The fourth-order valence-corrected chi connectivity index (χ4v) is 0.939. The second kappa shape index (κ2) is 3.64. The summed E-state index contributed by atoms with van der Waals surface area (Å²) in [5, 5.41) is 36.9. The lowest BCUT2D eigenvalue weighted by molar-refractivity contribution is -0.384. The van der Waals surface area contributed by atoms with Gasteiger partial charge in [-0.15, -0.1) is 0 Å². The van der Waals surface area contributed by atoms with Crippen molar-refractivity contribution >= 4 is 11.7 Å². The van der Waals surface area contributed by atoms with E-state index < -0.39 is 16.7 Å². The van der Waals surface area contributed by atoms with Gasteiger partial charge in [-0.3, -0.25) is 10.1 Å². The zero-order chi connectivity index (χ0) is 11.6. The van der Waals surface area contributed by atoms with Crippen molar-refractivity contribution in [3.05, 3.63) is 39.9 Å². The third-order valence-electron chi connectivity index (χ3n) is 1.78. The maximum atomic E-state index is 10.4. The summed E-state index contributed by atoms with van der Waals surface area (Å²) in [5.41, 5.74) is -0.611. The molecule has 0 atom stereocenters. The molecule has 0 aliphatic heterocycles. The van der Waals surface area contributed by atoms with Crippen LogP contribution in [0.15, 0.2) is 24.3 Å². The molecular weight excluding hydrogens is 206 g/mol. The summed E-state index contributed by atoms with van der Waals surface area (Å²) in [7, 11) is 0. The molecule has 0 spiro atoms. The van der Waals surface area contributed by atoms with E-state index in [0.29, 0.717) is 0 Å². The van der Waals surface area contributed by atoms with Gasteiger partial charge in [0.1, 0.15) is 0 Å². The first-order chi connectivity index (χ1) is 6.85. The lowest BCUT2D eigenvalue weighted by Crippen LogP contribution is -2.34. The standard InChI is InChI=1S/C8H7NO6/c10-7(11)8(12,13)5-1-3-6(4-2-5)9(14)15/h1-4,12-13H,(H,10,11). The van der Waals surface area contributed by atoms with E-state index in [0.717, 1.165) is 24.3 Å². The highest BCUT2D eigenvalue weighted by molar-refractivity contribution is 5.76. The van der Waals surface area contributed by atoms with Crippen molar-refractivity contribution in [2.24, 2.45) is 0 Å². The maximum absolute atomic E-state index is 10.4. The van der Waals surface area contributed by atoms with Crippen LogP contribution < -0.4 is 0 Å². The van der Waals surface area contributed by atoms with Gasteiger partial charge in [0.05, 0.1) is 4.92 Å². The molecule has 0 radical (unpaired) electrons. The number of hydrogen-bond acceptors (Lipinski definition) is 5. The third kappa shape index (κ3) is 2.09. The monoisotopic (exact) mass is 213 g/mol. The molecule has 0 heterocycles. The van der Waals surface area contributed by atoms with Crippen molar-refractivity contribution in [3.63, 3.8) is 0 Å². The van der Waals surface area contributed by atoms with Gasteiger partial charge in [-0.2, -0.15) is 0 Å². The Kier molecular flexibility index (Phi) is 2.69. The zero-order valence-corrected chi connectivity index (χ0v) is 7.32. The maximum Gasteiger partial charge on any atom is 0.369 e. The van der Waals surface area contributed by atoms with Gasteiger partial charge in [-0.05, 0) is 12.1 Å². The van der Waals surface area contributed by atoms with Gasteiger partial charge < -0.3 is 15.3 Å². The van der Waals surface area contributed by atoms with Crippen LogP contribution in [0.2, 0.25) is 0 Å². The Morgan fingerprint density at radius 2 is 1.73 bits per heavy atom. The quantitative estimate of drug-likeness (QED) is 0.363. The van der Waals surface area contributed by atoms with Crippen molar-refractivity contribution in [1.29, 1.82) is 0 Å². The van der Waals surface area contributed by atoms with Crippen LogP contribution in [0.4, 0.5) is 5.69 Å². The molecule has 15 heavy (non-hydrogen) atoms. The first-order valence-corrected chi connectivity index (χ1v) is 3.79. The van der Waals surface area contributed by atoms with Gasteiger partial charge in [-0.1, -0.05) is 0 Å². The van der Waals surface area contributed by atoms with Crippen LogP contribution in [0.1, 0.15) is 5.56 Å². The Balaban J connectivity index is 3.09. The normalized spacial score (nSPS) is 11.1. The summed E-state index contributed by atoms with van der Waals surface area (Å²) >= 11 is 0. The van der Waals surface area contributed by atoms with Crippen LogP contribution in [0.3, 0.4) is 0 Å². The molecule has 7 heteroatoms. The molecule has 0 saturated heterocycles. The lowest BCUT2D eigenvalue weighted by Gasteiger charge is -2.15. The number of aliphatic carboxylic acids is 1. The average molecular weight is 213 g/mol. The molecule has 0 aromatic heterocycles. The van der Waals surface area contributed by atoms with E-state index in [4.69, 9.17) is 15.3 Å². The van der Waals surface area contributed by atoms with Crippen LogP contribution >= 0.6 is 0 Å². The summed E-state index contributed by atoms with van der Waals surface area (Å²) in [5.74, 6) is -4.88. The third-order valence-corrected chi connectivity index (χ3v) is 1.78. The first-order valence-electron chi connectivity index (χ1n) is 3.79. The van der Waals surface area contributed by atoms with Gasteiger partial charge in [0, 0.05) is 17.7 Å². The smallest absolute Gasteiger partial charge is 0.369 e. The molecule has 0 amide bonds. The lowest BCUT2D eigenvalue weighted by atomic mass is 10.1. The molecule has 0 aliphatic carbocycles. The van der Waals surface area contributed by atoms with Crippen LogP contribution in [0.5, 0.6) is 0 Å². The number of aliphatic hydroxyl groups is 2. The number of rotatable bonds is 3. The van der Waals surface area contributed by atoms with E-state index >= 15 is 0 Å². The highest BCUT2D eigenvalue weighted by Gasteiger charge is 2.35. The number of carbonyl (C=O) groups is 1. The number of nitro groups is 1. The number of benzene rings is 1. The number of nitrogens with zero attached hydrogens (tertiary/aromatic N) is 1. The molecule has 1 rings (SSSR count). The van der Waals surface area contributed by atoms with Crippen molar-refractivity contribution in [2.45, 2.75) is 5.79 Å². The average Bonchev–Trinajstić information content (AvgIpc) is 2.17. The van der Waals surface area contributed by atoms with Gasteiger partial charge in [-0.25, -0.2) is 4.79 Å². The summed E-state index contributed by atoms with van der Waals surface area (Å²) < 4.78 is 0. The molecule has 0 fully saturated rings. The Labute approximate surface area is 83.4 Å². The SMILES string of the molecule is O=C(O)C(O)(O)c1ccc([N+](=O)[O-])cc1. The molecule has 0 aliphatic rings. The molecule has 0 saturated carbocycles. The Morgan fingerprint density at radius 3 is 2.07 bits per heavy atom. The van der Waals surface area contributed by atoms with E-state index in [1.54, 1.807) is 0 Å². The van der Waals surface area contributed by atoms with Crippen molar-refractivity contribution < 1.29 is 25.0 Å².